The predicted octanol–water partition coefficient (Wildman–Crippen LogP) is 2.80. The molecule has 5 nitrogen and oxygen atoms in total. The van der Waals surface area contributed by atoms with Crippen LogP contribution in [0.1, 0.15) is 26.3 Å². The molecule has 2 rings (SSSR count). The minimum atomic E-state index is -0.484. The number of urea groups is 1. The van der Waals surface area contributed by atoms with Crippen molar-refractivity contribution in [2.45, 2.75) is 39.8 Å². The molecule has 6 heteroatoms. The van der Waals surface area contributed by atoms with Gasteiger partial charge in [0.15, 0.2) is 0 Å². The van der Waals surface area contributed by atoms with E-state index in [9.17, 15) is 9.59 Å². The highest BCUT2D eigenvalue weighted by Gasteiger charge is 2.35. The van der Waals surface area contributed by atoms with Crippen LogP contribution in [0, 0.1) is 6.92 Å². The highest BCUT2D eigenvalue weighted by atomic mass is 35.5. The van der Waals surface area contributed by atoms with Gasteiger partial charge in [-0.2, -0.15) is 0 Å². The lowest BCUT2D eigenvalue weighted by atomic mass is 10.1. The summed E-state index contributed by atoms with van der Waals surface area (Å²) < 4.78 is 0. The number of carbonyl (C=O) groups excluding carboxylic acids is 2. The summed E-state index contributed by atoms with van der Waals surface area (Å²) in [5.74, 6) is -0.0735. The number of rotatable bonds is 2. The summed E-state index contributed by atoms with van der Waals surface area (Å²) in [4.78, 5) is 28.1. The maximum atomic E-state index is 12.6. The molecule has 0 saturated carbocycles. The number of benzene rings is 1. The van der Waals surface area contributed by atoms with Crippen LogP contribution in [0.2, 0.25) is 5.02 Å². The Morgan fingerprint density at radius 3 is 2.64 bits per heavy atom. The van der Waals surface area contributed by atoms with Gasteiger partial charge in [-0.15, -0.1) is 0 Å². The molecule has 0 spiro atoms. The van der Waals surface area contributed by atoms with Crippen molar-refractivity contribution in [3.63, 3.8) is 0 Å². The lowest BCUT2D eigenvalue weighted by Crippen LogP contribution is -2.60. The van der Waals surface area contributed by atoms with Gasteiger partial charge in [-0.05, 0) is 51.5 Å². The van der Waals surface area contributed by atoms with E-state index in [0.717, 1.165) is 11.3 Å². The minimum absolute atomic E-state index is 0.0475. The monoisotopic (exact) mass is 323 g/mol. The fourth-order valence-electron chi connectivity index (χ4n) is 2.64. The Kier molecular flexibility index (Phi) is 4.96. The van der Waals surface area contributed by atoms with Crippen molar-refractivity contribution in [3.8, 4) is 0 Å². The fourth-order valence-corrected chi connectivity index (χ4v) is 2.87. The van der Waals surface area contributed by atoms with E-state index in [-0.39, 0.29) is 18.0 Å². The summed E-state index contributed by atoms with van der Waals surface area (Å²) in [7, 11) is 0. The first kappa shape index (κ1) is 16.6. The number of halogens is 1. The number of anilines is 1. The van der Waals surface area contributed by atoms with Crippen molar-refractivity contribution in [3.05, 3.63) is 28.8 Å². The van der Waals surface area contributed by atoms with Crippen LogP contribution in [0.15, 0.2) is 18.2 Å². The van der Waals surface area contributed by atoms with E-state index in [0.29, 0.717) is 18.1 Å². The number of hydrogen-bond acceptors (Lipinski definition) is 2. The van der Waals surface area contributed by atoms with Gasteiger partial charge in [-0.1, -0.05) is 11.6 Å². The molecule has 1 atom stereocenters. The van der Waals surface area contributed by atoms with E-state index in [1.54, 1.807) is 22.8 Å². The third-order valence-corrected chi connectivity index (χ3v) is 4.01. The maximum Gasteiger partial charge on any atom is 0.318 e. The van der Waals surface area contributed by atoms with Gasteiger partial charge in [0.05, 0.1) is 0 Å². The molecule has 3 amide bonds. The van der Waals surface area contributed by atoms with Crippen molar-refractivity contribution in [2.75, 3.05) is 18.0 Å². The molecule has 120 valence electrons. The van der Waals surface area contributed by atoms with E-state index in [1.165, 1.54) is 0 Å². The summed E-state index contributed by atoms with van der Waals surface area (Å²) >= 11 is 5.97. The molecule has 0 radical (unpaired) electrons. The zero-order chi connectivity index (χ0) is 16.4. The van der Waals surface area contributed by atoms with E-state index in [2.05, 4.69) is 5.32 Å². The van der Waals surface area contributed by atoms with Gasteiger partial charge in [-0.3, -0.25) is 4.79 Å². The quantitative estimate of drug-likeness (QED) is 0.910. The standard InChI is InChI=1S/C16H22ClN3O2/c1-10(2)18-16(22)19-7-8-20(15(21)12(19)4)14-6-5-13(17)9-11(14)3/h5-6,9-10,12H,7-8H2,1-4H3,(H,18,22)/t12-/m0/s1. The van der Waals surface area contributed by atoms with Crippen molar-refractivity contribution in [2.24, 2.45) is 0 Å². The van der Waals surface area contributed by atoms with Crippen molar-refractivity contribution >= 4 is 29.2 Å². The second kappa shape index (κ2) is 6.57. The predicted molar refractivity (Wildman–Crippen MR) is 88.4 cm³/mol. The Balaban J connectivity index is 2.17. The van der Waals surface area contributed by atoms with E-state index < -0.39 is 6.04 Å². The third-order valence-electron chi connectivity index (χ3n) is 3.78. The zero-order valence-corrected chi connectivity index (χ0v) is 14.1. The summed E-state index contributed by atoms with van der Waals surface area (Å²) in [5, 5.41) is 3.49. The molecule has 1 heterocycles. The molecule has 1 fully saturated rings. The Bertz CT molecular complexity index is 589. The first-order chi connectivity index (χ1) is 10.3. The topological polar surface area (TPSA) is 52.6 Å². The first-order valence-electron chi connectivity index (χ1n) is 7.46. The smallest absolute Gasteiger partial charge is 0.318 e. The highest BCUT2D eigenvalue weighted by molar-refractivity contribution is 6.30. The van der Waals surface area contributed by atoms with Gasteiger partial charge < -0.3 is 15.1 Å². The molecule has 0 unspecified atom stereocenters. The number of nitrogens with one attached hydrogen (secondary N) is 1. The largest absolute Gasteiger partial charge is 0.336 e. The van der Waals surface area contributed by atoms with Crippen LogP contribution in [0.25, 0.3) is 0 Å². The Labute approximate surface area is 136 Å². The summed E-state index contributed by atoms with van der Waals surface area (Å²) in [6, 6.07) is 4.84. The van der Waals surface area contributed by atoms with Crippen molar-refractivity contribution < 1.29 is 9.59 Å². The first-order valence-corrected chi connectivity index (χ1v) is 7.83. The van der Waals surface area contributed by atoms with Gasteiger partial charge in [0.25, 0.3) is 0 Å². The number of aryl methyl sites for hydroxylation is 1. The third kappa shape index (κ3) is 3.35. The molecule has 1 N–H and O–H groups in total. The number of nitrogens with zero attached hydrogens (tertiary/aromatic N) is 2. The van der Waals surface area contributed by atoms with Crippen LogP contribution < -0.4 is 10.2 Å². The van der Waals surface area contributed by atoms with Crippen LogP contribution in [-0.2, 0) is 4.79 Å². The van der Waals surface area contributed by atoms with E-state index >= 15 is 0 Å². The SMILES string of the molecule is Cc1cc(Cl)ccc1N1CCN(C(=O)NC(C)C)[C@@H](C)C1=O. The second-order valence-electron chi connectivity index (χ2n) is 5.89. The van der Waals surface area contributed by atoms with Gasteiger partial charge in [0.2, 0.25) is 5.91 Å². The van der Waals surface area contributed by atoms with Gasteiger partial charge in [0, 0.05) is 29.8 Å². The summed E-state index contributed by atoms with van der Waals surface area (Å²) in [6.07, 6.45) is 0. The van der Waals surface area contributed by atoms with Crippen molar-refractivity contribution in [1.29, 1.82) is 0 Å². The lowest BCUT2D eigenvalue weighted by Gasteiger charge is -2.39. The maximum absolute atomic E-state index is 12.6. The molecular formula is C16H22ClN3O2. The molecule has 1 aliphatic rings. The second-order valence-corrected chi connectivity index (χ2v) is 6.33. The van der Waals surface area contributed by atoms with Gasteiger partial charge >= 0.3 is 6.03 Å². The molecule has 1 aromatic carbocycles. The van der Waals surface area contributed by atoms with Crippen LogP contribution in [0.3, 0.4) is 0 Å². The summed E-state index contributed by atoms with van der Waals surface area (Å²) in [6.45, 7) is 8.48. The normalized spacial score (nSPS) is 18.8. The average Bonchev–Trinajstić information content (AvgIpc) is 2.41. The average molecular weight is 324 g/mol. The Morgan fingerprint density at radius 1 is 1.36 bits per heavy atom. The van der Waals surface area contributed by atoms with Crippen LogP contribution in [0.4, 0.5) is 10.5 Å². The molecule has 22 heavy (non-hydrogen) atoms. The number of amides is 3. The lowest BCUT2D eigenvalue weighted by molar-refractivity contribution is -0.124. The Morgan fingerprint density at radius 2 is 2.05 bits per heavy atom. The molecule has 0 aromatic heterocycles. The molecule has 0 bridgehead atoms. The number of carbonyl (C=O) groups is 2. The number of piperazine rings is 1. The number of hydrogen-bond donors (Lipinski definition) is 1. The zero-order valence-electron chi connectivity index (χ0n) is 13.4. The summed E-state index contributed by atoms with van der Waals surface area (Å²) in [5.41, 5.74) is 1.80. The molecule has 0 aliphatic carbocycles. The van der Waals surface area contributed by atoms with Crippen LogP contribution in [0.5, 0.6) is 0 Å². The Hall–Kier alpha value is -1.75. The molecule has 1 saturated heterocycles. The van der Waals surface area contributed by atoms with Gasteiger partial charge in [0.1, 0.15) is 6.04 Å². The van der Waals surface area contributed by atoms with Gasteiger partial charge in [-0.25, -0.2) is 4.79 Å². The molecular weight excluding hydrogens is 302 g/mol. The highest BCUT2D eigenvalue weighted by Crippen LogP contribution is 2.26. The van der Waals surface area contributed by atoms with E-state index in [1.807, 2.05) is 32.9 Å². The van der Waals surface area contributed by atoms with E-state index in [4.69, 9.17) is 11.6 Å². The van der Waals surface area contributed by atoms with Crippen LogP contribution in [-0.4, -0.2) is 42.0 Å². The molecule has 1 aliphatic heterocycles. The molecule has 1 aromatic rings. The van der Waals surface area contributed by atoms with Crippen LogP contribution >= 0.6 is 11.6 Å². The fraction of sp³-hybridized carbons (Fsp3) is 0.500. The van der Waals surface area contributed by atoms with Crippen molar-refractivity contribution in [1.82, 2.24) is 10.2 Å². The minimum Gasteiger partial charge on any atom is -0.336 e.